The van der Waals surface area contributed by atoms with E-state index in [0.29, 0.717) is 24.2 Å². The van der Waals surface area contributed by atoms with Gasteiger partial charge in [-0.05, 0) is 68.1 Å². The molecule has 0 aromatic heterocycles. The van der Waals surface area contributed by atoms with Crippen LogP contribution in [0.15, 0.2) is 46.2 Å². The molecule has 0 saturated carbocycles. The lowest BCUT2D eigenvalue weighted by molar-refractivity contribution is 0.0696. The number of carbonyl (C=O) groups is 2. The van der Waals surface area contributed by atoms with E-state index in [0.717, 1.165) is 25.3 Å². The summed E-state index contributed by atoms with van der Waals surface area (Å²) in [7, 11) is -8.07. The number of hydrazine groups is 1. The summed E-state index contributed by atoms with van der Waals surface area (Å²) in [4.78, 5) is 25.5. The second-order valence-electron chi connectivity index (χ2n) is 7.77. The number of aromatic carboxylic acids is 1. The van der Waals surface area contributed by atoms with Gasteiger partial charge in [0.1, 0.15) is 0 Å². The van der Waals surface area contributed by atoms with Crippen LogP contribution in [0.4, 0.5) is 0 Å². The fourth-order valence-corrected chi connectivity index (χ4v) is 6.27. The van der Waals surface area contributed by atoms with Crippen LogP contribution in [0.3, 0.4) is 0 Å². The molecule has 0 aliphatic carbocycles. The predicted octanol–water partition coefficient (Wildman–Crippen LogP) is 1.80. The molecule has 0 spiro atoms. The first-order chi connectivity index (χ1) is 15.4. The van der Waals surface area contributed by atoms with Gasteiger partial charge >= 0.3 is 5.97 Å². The molecule has 0 atom stereocenters. The number of piperidine rings is 1. The van der Waals surface area contributed by atoms with Crippen molar-refractivity contribution in [3.05, 3.63) is 58.7 Å². The summed E-state index contributed by atoms with van der Waals surface area (Å²) in [6.45, 7) is 3.92. The molecule has 0 bridgehead atoms. The summed E-state index contributed by atoms with van der Waals surface area (Å²) in [6, 6.07) is 7.69. The van der Waals surface area contributed by atoms with Crippen molar-refractivity contribution in [1.29, 1.82) is 0 Å². The van der Waals surface area contributed by atoms with Crippen LogP contribution >= 0.6 is 0 Å². The zero-order valence-electron chi connectivity index (χ0n) is 18.2. The van der Waals surface area contributed by atoms with Gasteiger partial charge in [0.05, 0.1) is 15.4 Å². The second kappa shape index (κ2) is 9.59. The topological polar surface area (TPSA) is 150 Å². The Morgan fingerprint density at radius 1 is 0.939 bits per heavy atom. The first-order valence-corrected chi connectivity index (χ1v) is 13.1. The van der Waals surface area contributed by atoms with Crippen molar-refractivity contribution in [2.24, 2.45) is 0 Å². The van der Waals surface area contributed by atoms with E-state index >= 15 is 0 Å². The average Bonchev–Trinajstić information content (AvgIpc) is 2.79. The number of aryl methyl sites for hydroxylation is 1. The molecule has 3 N–H and O–H groups in total. The van der Waals surface area contributed by atoms with Gasteiger partial charge < -0.3 is 5.11 Å². The lowest BCUT2D eigenvalue weighted by atomic mass is 10.1. The molecule has 2 aromatic carbocycles. The molecule has 1 aliphatic rings. The summed E-state index contributed by atoms with van der Waals surface area (Å²) in [5.74, 6) is -2.15. The number of hydrogen-bond donors (Lipinski definition) is 3. The number of nitrogens with one attached hydrogen (secondary N) is 2. The van der Waals surface area contributed by atoms with E-state index in [9.17, 15) is 31.5 Å². The third-order valence-electron chi connectivity index (χ3n) is 5.50. The zero-order valence-corrected chi connectivity index (χ0v) is 19.8. The van der Waals surface area contributed by atoms with Crippen LogP contribution in [-0.2, 0) is 20.0 Å². The maximum absolute atomic E-state index is 12.9. The van der Waals surface area contributed by atoms with Crippen molar-refractivity contribution >= 4 is 31.9 Å². The van der Waals surface area contributed by atoms with Crippen molar-refractivity contribution in [3.8, 4) is 0 Å². The van der Waals surface area contributed by atoms with Crippen LogP contribution in [0.2, 0.25) is 0 Å². The minimum absolute atomic E-state index is 0.0528. The van der Waals surface area contributed by atoms with Crippen molar-refractivity contribution in [3.63, 3.8) is 0 Å². The molecule has 1 aliphatic heterocycles. The highest BCUT2D eigenvalue weighted by Crippen LogP contribution is 2.22. The molecule has 33 heavy (non-hydrogen) atoms. The molecule has 12 heteroatoms. The van der Waals surface area contributed by atoms with E-state index in [4.69, 9.17) is 0 Å². The number of amides is 1. The Morgan fingerprint density at radius 2 is 1.61 bits per heavy atom. The third-order valence-corrected chi connectivity index (χ3v) is 8.77. The molecule has 178 valence electrons. The largest absolute Gasteiger partial charge is 0.478 e. The van der Waals surface area contributed by atoms with E-state index in [-0.39, 0.29) is 20.9 Å². The maximum Gasteiger partial charge on any atom is 0.335 e. The fourth-order valence-electron chi connectivity index (χ4n) is 3.52. The number of rotatable bonds is 7. The lowest BCUT2D eigenvalue weighted by Crippen LogP contribution is -2.42. The van der Waals surface area contributed by atoms with Crippen LogP contribution in [0.25, 0.3) is 0 Å². The molecule has 1 fully saturated rings. The number of sulfonamides is 2. The number of carboxylic acid groups (broad SMARTS) is 1. The van der Waals surface area contributed by atoms with E-state index < -0.39 is 31.9 Å². The molecule has 1 saturated heterocycles. The summed E-state index contributed by atoms with van der Waals surface area (Å²) in [5.41, 5.74) is 2.58. The quantitative estimate of drug-likeness (QED) is 0.496. The van der Waals surface area contributed by atoms with Crippen LogP contribution in [0.1, 0.15) is 51.1 Å². The molecule has 3 rings (SSSR count). The smallest absolute Gasteiger partial charge is 0.335 e. The number of carbonyl (C=O) groups excluding carboxylic acids is 1. The maximum atomic E-state index is 12.9. The predicted molar refractivity (Wildman–Crippen MR) is 120 cm³/mol. The Labute approximate surface area is 192 Å². The first kappa shape index (κ1) is 24.8. The van der Waals surface area contributed by atoms with Gasteiger partial charge in [-0.15, -0.1) is 4.83 Å². The van der Waals surface area contributed by atoms with Gasteiger partial charge in [0.2, 0.25) is 10.0 Å². The van der Waals surface area contributed by atoms with Crippen molar-refractivity contribution in [2.75, 3.05) is 13.1 Å². The van der Waals surface area contributed by atoms with Gasteiger partial charge in [-0.2, -0.15) is 4.31 Å². The minimum Gasteiger partial charge on any atom is -0.478 e. The van der Waals surface area contributed by atoms with Crippen LogP contribution in [-0.4, -0.2) is 51.2 Å². The molecular formula is C21H25N3O7S2. The first-order valence-electron chi connectivity index (χ1n) is 10.2. The third kappa shape index (κ3) is 5.41. The Kier molecular flexibility index (Phi) is 7.22. The monoisotopic (exact) mass is 495 g/mol. The van der Waals surface area contributed by atoms with Gasteiger partial charge in [0, 0.05) is 18.7 Å². The van der Waals surface area contributed by atoms with E-state index in [1.807, 2.05) is 4.83 Å². The Morgan fingerprint density at radius 3 is 2.24 bits per heavy atom. The van der Waals surface area contributed by atoms with E-state index in [2.05, 4.69) is 5.43 Å². The average molecular weight is 496 g/mol. The van der Waals surface area contributed by atoms with Crippen molar-refractivity contribution in [1.82, 2.24) is 14.6 Å². The number of carboxylic acids is 1. The van der Waals surface area contributed by atoms with Crippen LogP contribution in [0, 0.1) is 13.8 Å². The molecule has 0 unspecified atom stereocenters. The highest BCUT2D eigenvalue weighted by atomic mass is 32.2. The van der Waals surface area contributed by atoms with Crippen molar-refractivity contribution < 1.29 is 31.5 Å². The Balaban J connectivity index is 1.80. The van der Waals surface area contributed by atoms with Crippen molar-refractivity contribution in [2.45, 2.75) is 42.9 Å². The lowest BCUT2D eigenvalue weighted by Gasteiger charge is -2.26. The number of benzene rings is 2. The normalized spacial score (nSPS) is 15.2. The summed E-state index contributed by atoms with van der Waals surface area (Å²) >= 11 is 0. The Hall–Kier alpha value is -2.80. The summed E-state index contributed by atoms with van der Waals surface area (Å²) in [6.07, 6.45) is 2.50. The standard InChI is InChI=1S/C21H25N3O7S2/c1-14-11-17(21(26)27)13-19(15(14)2)32(28,29)23-22-20(25)16-7-6-8-18(12-16)33(30,31)24-9-4-3-5-10-24/h6-8,11-13,23H,3-5,9-10H2,1-2H3,(H,22,25)(H,26,27). The molecule has 0 radical (unpaired) electrons. The SMILES string of the molecule is Cc1cc(C(=O)O)cc(S(=O)(=O)NNC(=O)c2cccc(S(=O)(=O)N3CCCCC3)c2)c1C. The zero-order chi connectivity index (χ0) is 24.4. The van der Waals surface area contributed by atoms with Gasteiger partial charge in [0.15, 0.2) is 0 Å². The summed E-state index contributed by atoms with van der Waals surface area (Å²) in [5, 5.41) is 9.21. The molecule has 2 aromatic rings. The van der Waals surface area contributed by atoms with Gasteiger partial charge in [-0.25, -0.2) is 21.6 Å². The van der Waals surface area contributed by atoms with Crippen LogP contribution in [0.5, 0.6) is 0 Å². The fraction of sp³-hybridized carbons (Fsp3) is 0.333. The van der Waals surface area contributed by atoms with E-state index in [1.165, 1.54) is 41.6 Å². The Bertz CT molecular complexity index is 1300. The summed E-state index contributed by atoms with van der Waals surface area (Å²) < 4.78 is 52.5. The molecule has 10 nitrogen and oxygen atoms in total. The highest BCUT2D eigenvalue weighted by molar-refractivity contribution is 7.89. The highest BCUT2D eigenvalue weighted by Gasteiger charge is 2.27. The molecule has 1 heterocycles. The number of nitrogens with zero attached hydrogens (tertiary/aromatic N) is 1. The number of hydrogen-bond acceptors (Lipinski definition) is 6. The van der Waals surface area contributed by atoms with Gasteiger partial charge in [-0.3, -0.25) is 10.2 Å². The van der Waals surface area contributed by atoms with Gasteiger partial charge in [-0.1, -0.05) is 12.5 Å². The van der Waals surface area contributed by atoms with E-state index in [1.54, 1.807) is 6.92 Å². The van der Waals surface area contributed by atoms with Gasteiger partial charge in [0.25, 0.3) is 15.9 Å². The molecular weight excluding hydrogens is 470 g/mol. The second-order valence-corrected chi connectivity index (χ2v) is 11.4. The van der Waals surface area contributed by atoms with Crippen LogP contribution < -0.4 is 10.3 Å². The molecule has 1 amide bonds. The minimum atomic E-state index is -4.30.